The predicted octanol–water partition coefficient (Wildman–Crippen LogP) is 2.26. The summed E-state index contributed by atoms with van der Waals surface area (Å²) < 4.78 is 6.85. The highest BCUT2D eigenvalue weighted by atomic mass is 16.5. The number of nitrogens with zero attached hydrogens (tertiary/aromatic N) is 2. The van der Waals surface area contributed by atoms with E-state index in [1.54, 1.807) is 4.68 Å². The fourth-order valence-electron chi connectivity index (χ4n) is 1.81. The van der Waals surface area contributed by atoms with Crippen LogP contribution in [0.4, 0.5) is 0 Å². The zero-order valence-corrected chi connectivity index (χ0v) is 10.7. The quantitative estimate of drug-likeness (QED) is 0.737. The highest BCUT2D eigenvalue weighted by molar-refractivity contribution is 5.74. The zero-order valence-electron chi connectivity index (χ0n) is 10.7. The van der Waals surface area contributed by atoms with Gasteiger partial charge in [0.1, 0.15) is 0 Å². The molecule has 1 aromatic rings. The average Bonchev–Trinajstić information content (AvgIpc) is 2.45. The molecule has 0 aromatic carbocycles. The summed E-state index contributed by atoms with van der Waals surface area (Å²) in [4.78, 5) is 11.9. The molecular formula is C12H20N2O2. The second-order valence-electron chi connectivity index (χ2n) is 4.31. The van der Waals surface area contributed by atoms with Gasteiger partial charge in [0.15, 0.2) is 6.04 Å². The Labute approximate surface area is 96.6 Å². The Hall–Kier alpha value is -1.32. The SMILES string of the molecule is CCOC(=O)C(C(C)C)n1nc(C)cc1C. The summed E-state index contributed by atoms with van der Waals surface area (Å²) in [5.41, 5.74) is 1.91. The van der Waals surface area contributed by atoms with Crippen molar-refractivity contribution in [2.24, 2.45) is 5.92 Å². The van der Waals surface area contributed by atoms with Crippen LogP contribution in [0.15, 0.2) is 6.07 Å². The standard InChI is InChI=1S/C12H20N2O2/c1-6-16-12(15)11(8(2)3)14-10(5)7-9(4)13-14/h7-8,11H,6H2,1-5H3. The Morgan fingerprint density at radius 2 is 2.12 bits per heavy atom. The maximum absolute atomic E-state index is 11.9. The monoisotopic (exact) mass is 224 g/mol. The van der Waals surface area contributed by atoms with E-state index in [9.17, 15) is 4.79 Å². The fraction of sp³-hybridized carbons (Fsp3) is 0.667. The third kappa shape index (κ3) is 2.62. The molecular weight excluding hydrogens is 204 g/mol. The minimum atomic E-state index is -0.325. The Bertz CT molecular complexity index is 369. The number of carbonyl (C=O) groups excluding carboxylic acids is 1. The van der Waals surface area contributed by atoms with Crippen LogP contribution in [0.3, 0.4) is 0 Å². The van der Waals surface area contributed by atoms with Crippen LogP contribution in [0.1, 0.15) is 38.2 Å². The van der Waals surface area contributed by atoms with Crippen LogP contribution in [-0.4, -0.2) is 22.4 Å². The number of aromatic nitrogens is 2. The lowest BCUT2D eigenvalue weighted by atomic mass is 10.0. The second-order valence-corrected chi connectivity index (χ2v) is 4.31. The van der Waals surface area contributed by atoms with E-state index in [4.69, 9.17) is 4.74 Å². The molecule has 90 valence electrons. The first kappa shape index (κ1) is 12.7. The molecule has 0 radical (unpaired) electrons. The van der Waals surface area contributed by atoms with E-state index < -0.39 is 0 Å². The molecule has 0 fully saturated rings. The highest BCUT2D eigenvalue weighted by Crippen LogP contribution is 2.21. The van der Waals surface area contributed by atoms with Crippen LogP contribution in [0, 0.1) is 19.8 Å². The molecule has 1 rings (SSSR count). The molecule has 0 aliphatic carbocycles. The van der Waals surface area contributed by atoms with E-state index in [1.165, 1.54) is 0 Å². The summed E-state index contributed by atoms with van der Waals surface area (Å²) in [6.45, 7) is 10.1. The average molecular weight is 224 g/mol. The molecule has 0 bridgehead atoms. The van der Waals surface area contributed by atoms with Gasteiger partial charge in [0.25, 0.3) is 0 Å². The maximum Gasteiger partial charge on any atom is 0.331 e. The van der Waals surface area contributed by atoms with Crippen LogP contribution < -0.4 is 0 Å². The van der Waals surface area contributed by atoms with Crippen LogP contribution in [0.5, 0.6) is 0 Å². The topological polar surface area (TPSA) is 44.1 Å². The molecule has 1 atom stereocenters. The van der Waals surface area contributed by atoms with Crippen molar-refractivity contribution in [2.75, 3.05) is 6.61 Å². The summed E-state index contributed by atoms with van der Waals surface area (Å²) in [6.07, 6.45) is 0. The van der Waals surface area contributed by atoms with Crippen molar-refractivity contribution in [1.82, 2.24) is 9.78 Å². The third-order valence-electron chi connectivity index (χ3n) is 2.47. The zero-order chi connectivity index (χ0) is 12.3. The molecule has 0 amide bonds. The van der Waals surface area contributed by atoms with Crippen molar-refractivity contribution in [3.05, 3.63) is 17.5 Å². The second kappa shape index (κ2) is 5.14. The van der Waals surface area contributed by atoms with Gasteiger partial charge in [-0.1, -0.05) is 13.8 Å². The van der Waals surface area contributed by atoms with Crippen molar-refractivity contribution >= 4 is 5.97 Å². The van der Waals surface area contributed by atoms with Crippen LogP contribution >= 0.6 is 0 Å². The lowest BCUT2D eigenvalue weighted by molar-refractivity contribution is -0.149. The van der Waals surface area contributed by atoms with E-state index in [2.05, 4.69) is 5.10 Å². The van der Waals surface area contributed by atoms with E-state index in [0.717, 1.165) is 11.4 Å². The number of hydrogen-bond donors (Lipinski definition) is 0. The van der Waals surface area contributed by atoms with Crippen LogP contribution in [0.2, 0.25) is 0 Å². The van der Waals surface area contributed by atoms with Crippen molar-refractivity contribution in [2.45, 2.75) is 40.7 Å². The van der Waals surface area contributed by atoms with Gasteiger partial charge in [-0.2, -0.15) is 5.10 Å². The van der Waals surface area contributed by atoms with Crippen molar-refractivity contribution in [3.63, 3.8) is 0 Å². The molecule has 16 heavy (non-hydrogen) atoms. The maximum atomic E-state index is 11.9. The minimum absolute atomic E-state index is 0.164. The predicted molar refractivity (Wildman–Crippen MR) is 62.2 cm³/mol. The normalized spacial score (nSPS) is 12.9. The number of rotatable bonds is 4. The third-order valence-corrected chi connectivity index (χ3v) is 2.47. The van der Waals surface area contributed by atoms with Crippen LogP contribution in [-0.2, 0) is 9.53 Å². The Morgan fingerprint density at radius 3 is 2.50 bits per heavy atom. The van der Waals surface area contributed by atoms with Gasteiger partial charge in [-0.05, 0) is 32.8 Å². The molecule has 0 aliphatic rings. The van der Waals surface area contributed by atoms with Crippen molar-refractivity contribution < 1.29 is 9.53 Å². The molecule has 4 heteroatoms. The Kier molecular flexibility index (Phi) is 4.10. The van der Waals surface area contributed by atoms with E-state index in [-0.39, 0.29) is 17.9 Å². The molecule has 0 aliphatic heterocycles. The van der Waals surface area contributed by atoms with Gasteiger partial charge in [0.2, 0.25) is 0 Å². The number of ether oxygens (including phenoxy) is 1. The summed E-state index contributed by atoms with van der Waals surface area (Å²) in [6, 6.07) is 1.64. The Balaban J connectivity index is 3.02. The number of hydrogen-bond acceptors (Lipinski definition) is 3. The summed E-state index contributed by atoms with van der Waals surface area (Å²) in [7, 11) is 0. The first-order valence-corrected chi connectivity index (χ1v) is 5.66. The summed E-state index contributed by atoms with van der Waals surface area (Å²) in [5.74, 6) is -0.0410. The summed E-state index contributed by atoms with van der Waals surface area (Å²) >= 11 is 0. The molecule has 1 unspecified atom stereocenters. The molecule has 0 saturated heterocycles. The van der Waals surface area contributed by atoms with Gasteiger partial charge >= 0.3 is 5.97 Å². The molecule has 1 heterocycles. The Morgan fingerprint density at radius 1 is 1.50 bits per heavy atom. The number of carbonyl (C=O) groups is 1. The lowest BCUT2D eigenvalue weighted by Crippen LogP contribution is -2.28. The first-order valence-electron chi connectivity index (χ1n) is 5.66. The smallest absolute Gasteiger partial charge is 0.331 e. The number of esters is 1. The molecule has 0 N–H and O–H groups in total. The largest absolute Gasteiger partial charge is 0.464 e. The minimum Gasteiger partial charge on any atom is -0.464 e. The molecule has 0 spiro atoms. The van der Waals surface area contributed by atoms with Crippen molar-refractivity contribution in [1.29, 1.82) is 0 Å². The van der Waals surface area contributed by atoms with Gasteiger partial charge < -0.3 is 4.74 Å². The van der Waals surface area contributed by atoms with Crippen LogP contribution in [0.25, 0.3) is 0 Å². The summed E-state index contributed by atoms with van der Waals surface area (Å²) in [5, 5.41) is 4.35. The molecule has 0 saturated carbocycles. The molecule has 4 nitrogen and oxygen atoms in total. The van der Waals surface area contributed by atoms with Gasteiger partial charge in [-0.25, -0.2) is 4.79 Å². The highest BCUT2D eigenvalue weighted by Gasteiger charge is 2.27. The lowest BCUT2D eigenvalue weighted by Gasteiger charge is -2.20. The fourth-order valence-corrected chi connectivity index (χ4v) is 1.81. The number of aryl methyl sites for hydroxylation is 2. The molecule has 1 aromatic heterocycles. The first-order chi connectivity index (χ1) is 7.47. The van der Waals surface area contributed by atoms with Gasteiger partial charge in [0, 0.05) is 5.69 Å². The van der Waals surface area contributed by atoms with E-state index in [1.807, 2.05) is 40.7 Å². The van der Waals surface area contributed by atoms with E-state index >= 15 is 0 Å². The van der Waals surface area contributed by atoms with Gasteiger partial charge in [-0.3, -0.25) is 4.68 Å². The van der Waals surface area contributed by atoms with Gasteiger partial charge in [0.05, 0.1) is 12.3 Å². The van der Waals surface area contributed by atoms with Crippen molar-refractivity contribution in [3.8, 4) is 0 Å². The van der Waals surface area contributed by atoms with Gasteiger partial charge in [-0.15, -0.1) is 0 Å². The van der Waals surface area contributed by atoms with E-state index in [0.29, 0.717) is 6.61 Å².